The summed E-state index contributed by atoms with van der Waals surface area (Å²) in [5.41, 5.74) is 5.23. The number of hydrogen-bond donors (Lipinski definition) is 1. The van der Waals surface area contributed by atoms with Crippen LogP contribution in [0.1, 0.15) is 33.6 Å². The summed E-state index contributed by atoms with van der Waals surface area (Å²) in [4.78, 5) is 13.3. The molecule has 1 amide bonds. The van der Waals surface area contributed by atoms with Gasteiger partial charge in [0.15, 0.2) is 0 Å². The molecule has 0 aromatic carbocycles. The largest absolute Gasteiger partial charge is 0.370 e. The standard InChI is InChI=1S/C11H22N2O/c1-8(2)13-5-4-10(6-11(12)14)9(3)7-13/h8-10H,4-7H2,1-3H3,(H2,12,14). The van der Waals surface area contributed by atoms with E-state index in [9.17, 15) is 4.79 Å². The Morgan fingerprint density at radius 3 is 2.64 bits per heavy atom. The molecule has 3 nitrogen and oxygen atoms in total. The molecular weight excluding hydrogens is 176 g/mol. The molecule has 1 fully saturated rings. The van der Waals surface area contributed by atoms with E-state index in [1.807, 2.05) is 0 Å². The number of amides is 1. The molecule has 2 atom stereocenters. The third-order valence-corrected chi connectivity index (χ3v) is 3.31. The van der Waals surface area contributed by atoms with Crippen LogP contribution in [0, 0.1) is 11.8 Å². The summed E-state index contributed by atoms with van der Waals surface area (Å²) >= 11 is 0. The quantitative estimate of drug-likeness (QED) is 0.741. The first-order valence-electron chi connectivity index (χ1n) is 5.53. The number of nitrogens with two attached hydrogens (primary N) is 1. The Bertz CT molecular complexity index is 203. The second-order valence-corrected chi connectivity index (χ2v) is 4.79. The van der Waals surface area contributed by atoms with Gasteiger partial charge in [-0.3, -0.25) is 4.79 Å². The van der Waals surface area contributed by atoms with Gasteiger partial charge in [-0.25, -0.2) is 0 Å². The molecule has 14 heavy (non-hydrogen) atoms. The summed E-state index contributed by atoms with van der Waals surface area (Å²) in [5, 5.41) is 0. The maximum Gasteiger partial charge on any atom is 0.217 e. The topological polar surface area (TPSA) is 46.3 Å². The van der Waals surface area contributed by atoms with E-state index >= 15 is 0 Å². The van der Waals surface area contributed by atoms with Gasteiger partial charge >= 0.3 is 0 Å². The van der Waals surface area contributed by atoms with Crippen molar-refractivity contribution in [2.45, 2.75) is 39.7 Å². The smallest absolute Gasteiger partial charge is 0.217 e. The van der Waals surface area contributed by atoms with Gasteiger partial charge in [-0.15, -0.1) is 0 Å². The zero-order valence-corrected chi connectivity index (χ0v) is 9.49. The average molecular weight is 198 g/mol. The number of carbonyl (C=O) groups excluding carboxylic acids is 1. The summed E-state index contributed by atoms with van der Waals surface area (Å²) < 4.78 is 0. The minimum absolute atomic E-state index is 0.153. The van der Waals surface area contributed by atoms with Crippen LogP contribution in [0.4, 0.5) is 0 Å². The van der Waals surface area contributed by atoms with Crippen molar-refractivity contribution < 1.29 is 4.79 Å². The number of piperidine rings is 1. The fraction of sp³-hybridized carbons (Fsp3) is 0.909. The molecular formula is C11H22N2O. The predicted octanol–water partition coefficient (Wildman–Crippen LogP) is 1.23. The van der Waals surface area contributed by atoms with E-state index in [1.54, 1.807) is 0 Å². The molecule has 1 aliphatic heterocycles. The van der Waals surface area contributed by atoms with Crippen LogP contribution in [0.3, 0.4) is 0 Å². The Labute approximate surface area is 86.6 Å². The molecule has 2 unspecified atom stereocenters. The van der Waals surface area contributed by atoms with Crippen molar-refractivity contribution in [3.63, 3.8) is 0 Å². The number of rotatable bonds is 3. The lowest BCUT2D eigenvalue weighted by atomic mass is 9.84. The number of primary amides is 1. The van der Waals surface area contributed by atoms with Gasteiger partial charge in [-0.05, 0) is 38.6 Å². The molecule has 1 saturated heterocycles. The van der Waals surface area contributed by atoms with Crippen LogP contribution in [0.2, 0.25) is 0 Å². The van der Waals surface area contributed by atoms with Crippen molar-refractivity contribution in [3.8, 4) is 0 Å². The van der Waals surface area contributed by atoms with Crippen molar-refractivity contribution in [2.75, 3.05) is 13.1 Å². The molecule has 0 spiro atoms. The zero-order valence-electron chi connectivity index (χ0n) is 9.49. The Kier molecular flexibility index (Phi) is 3.93. The summed E-state index contributed by atoms with van der Waals surface area (Å²) in [6.45, 7) is 8.89. The first-order valence-corrected chi connectivity index (χ1v) is 5.53. The van der Waals surface area contributed by atoms with E-state index in [-0.39, 0.29) is 5.91 Å². The highest BCUT2D eigenvalue weighted by molar-refractivity contribution is 5.74. The number of nitrogens with zero attached hydrogens (tertiary/aromatic N) is 1. The number of carbonyl (C=O) groups is 1. The second-order valence-electron chi connectivity index (χ2n) is 4.79. The highest BCUT2D eigenvalue weighted by Crippen LogP contribution is 2.26. The van der Waals surface area contributed by atoms with Crippen LogP contribution in [0.15, 0.2) is 0 Å². The first kappa shape index (κ1) is 11.5. The molecule has 82 valence electrons. The van der Waals surface area contributed by atoms with Crippen LogP contribution in [-0.2, 0) is 4.79 Å². The molecule has 3 heteroatoms. The van der Waals surface area contributed by atoms with E-state index in [0.717, 1.165) is 19.5 Å². The third kappa shape index (κ3) is 2.98. The minimum Gasteiger partial charge on any atom is -0.370 e. The van der Waals surface area contributed by atoms with Crippen LogP contribution >= 0.6 is 0 Å². The van der Waals surface area contributed by atoms with Gasteiger partial charge in [0.2, 0.25) is 5.91 Å². The Morgan fingerprint density at radius 1 is 1.57 bits per heavy atom. The van der Waals surface area contributed by atoms with Gasteiger partial charge in [0, 0.05) is 19.0 Å². The lowest BCUT2D eigenvalue weighted by molar-refractivity contribution is -0.119. The van der Waals surface area contributed by atoms with Gasteiger partial charge < -0.3 is 10.6 Å². The van der Waals surface area contributed by atoms with Crippen LogP contribution in [0.5, 0.6) is 0 Å². The second kappa shape index (κ2) is 4.78. The van der Waals surface area contributed by atoms with Crippen molar-refractivity contribution in [1.82, 2.24) is 4.90 Å². The van der Waals surface area contributed by atoms with Crippen LogP contribution in [-0.4, -0.2) is 29.9 Å². The van der Waals surface area contributed by atoms with Crippen LogP contribution in [0.25, 0.3) is 0 Å². The molecule has 0 saturated carbocycles. The van der Waals surface area contributed by atoms with Crippen molar-refractivity contribution in [2.24, 2.45) is 17.6 Å². The Morgan fingerprint density at radius 2 is 2.21 bits per heavy atom. The fourth-order valence-electron chi connectivity index (χ4n) is 2.26. The summed E-state index contributed by atoms with van der Waals surface area (Å²) in [5.74, 6) is 0.945. The van der Waals surface area contributed by atoms with Crippen molar-refractivity contribution >= 4 is 5.91 Å². The summed E-state index contributed by atoms with van der Waals surface area (Å²) in [6.07, 6.45) is 1.68. The summed E-state index contributed by atoms with van der Waals surface area (Å²) in [7, 11) is 0. The van der Waals surface area contributed by atoms with Crippen LogP contribution < -0.4 is 5.73 Å². The van der Waals surface area contributed by atoms with Gasteiger partial charge in [0.25, 0.3) is 0 Å². The van der Waals surface area contributed by atoms with Crippen molar-refractivity contribution in [3.05, 3.63) is 0 Å². The number of hydrogen-bond acceptors (Lipinski definition) is 2. The molecule has 1 heterocycles. The Hall–Kier alpha value is -0.570. The normalized spacial score (nSPS) is 29.4. The molecule has 0 aromatic rings. The minimum atomic E-state index is -0.153. The molecule has 0 aliphatic carbocycles. The Balaban J connectivity index is 2.43. The number of likely N-dealkylation sites (tertiary alicyclic amines) is 1. The van der Waals surface area contributed by atoms with Gasteiger partial charge in [0.1, 0.15) is 0 Å². The maximum absolute atomic E-state index is 10.8. The monoisotopic (exact) mass is 198 g/mol. The van der Waals surface area contributed by atoms with E-state index < -0.39 is 0 Å². The first-order chi connectivity index (χ1) is 6.50. The molecule has 0 radical (unpaired) electrons. The van der Waals surface area contributed by atoms with E-state index in [4.69, 9.17) is 5.73 Å². The van der Waals surface area contributed by atoms with Gasteiger partial charge in [0.05, 0.1) is 0 Å². The molecule has 1 rings (SSSR count). The predicted molar refractivity (Wildman–Crippen MR) is 57.8 cm³/mol. The fourth-order valence-corrected chi connectivity index (χ4v) is 2.26. The third-order valence-electron chi connectivity index (χ3n) is 3.31. The molecule has 2 N–H and O–H groups in total. The van der Waals surface area contributed by atoms with E-state index in [2.05, 4.69) is 25.7 Å². The molecule has 1 aliphatic rings. The van der Waals surface area contributed by atoms with Gasteiger partial charge in [-0.2, -0.15) is 0 Å². The van der Waals surface area contributed by atoms with Crippen molar-refractivity contribution in [1.29, 1.82) is 0 Å². The summed E-state index contributed by atoms with van der Waals surface area (Å²) in [6, 6.07) is 0.618. The lowest BCUT2D eigenvalue weighted by Gasteiger charge is -2.38. The van der Waals surface area contributed by atoms with Gasteiger partial charge in [-0.1, -0.05) is 6.92 Å². The van der Waals surface area contributed by atoms with E-state index in [1.165, 1.54) is 0 Å². The lowest BCUT2D eigenvalue weighted by Crippen LogP contribution is -2.43. The highest BCUT2D eigenvalue weighted by Gasteiger charge is 2.27. The maximum atomic E-state index is 10.8. The molecule has 0 aromatic heterocycles. The highest BCUT2D eigenvalue weighted by atomic mass is 16.1. The van der Waals surface area contributed by atoms with E-state index in [0.29, 0.717) is 24.3 Å². The average Bonchev–Trinajstić information content (AvgIpc) is 2.07. The molecule has 0 bridgehead atoms. The zero-order chi connectivity index (χ0) is 10.7. The SMILES string of the molecule is CC1CN(C(C)C)CCC1CC(N)=O.